The van der Waals surface area contributed by atoms with E-state index in [-0.39, 0.29) is 43.6 Å². The average molecular weight is 719 g/mol. The molecule has 0 radical (unpaired) electrons. The first kappa shape index (κ1) is 36.9. The van der Waals surface area contributed by atoms with Crippen molar-refractivity contribution in [2.75, 3.05) is 13.6 Å². The Morgan fingerprint density at radius 2 is 1.62 bits per heavy atom. The summed E-state index contributed by atoms with van der Waals surface area (Å²) in [6, 6.07) is 18.1. The predicted molar refractivity (Wildman–Crippen MR) is 195 cm³/mol. The molecule has 266 valence electrons. The number of nitrogens with zero attached hydrogens (tertiary/aromatic N) is 4. The lowest BCUT2D eigenvalue weighted by Crippen LogP contribution is -2.52. The summed E-state index contributed by atoms with van der Waals surface area (Å²) in [7, 11) is 1.69. The summed E-state index contributed by atoms with van der Waals surface area (Å²) in [5, 5.41) is 19.8. The van der Waals surface area contributed by atoms with Gasteiger partial charge in [-0.3, -0.25) is 9.78 Å². The number of β-amino-alcohol motifs (C(OH)–C–C–N with tert-alkyl or cyclic N) is 1. The minimum atomic E-state index is -0.820. The maximum atomic E-state index is 13.9. The minimum absolute atomic E-state index is 0.0750. The van der Waals surface area contributed by atoms with Gasteiger partial charge in [-0.05, 0) is 36.8 Å². The Labute approximate surface area is 301 Å². The van der Waals surface area contributed by atoms with Gasteiger partial charge in [-0.2, -0.15) is 0 Å². The van der Waals surface area contributed by atoms with Crippen molar-refractivity contribution in [3.8, 4) is 0 Å². The number of nitrogens with one attached hydrogen (secondary N) is 2. The van der Waals surface area contributed by atoms with Crippen molar-refractivity contribution in [1.29, 1.82) is 0 Å². The first-order chi connectivity index (χ1) is 24.1. The van der Waals surface area contributed by atoms with Crippen molar-refractivity contribution in [1.82, 2.24) is 30.4 Å². The van der Waals surface area contributed by atoms with Crippen LogP contribution in [0.2, 0.25) is 0 Å². The van der Waals surface area contributed by atoms with Gasteiger partial charge < -0.3 is 30.3 Å². The molecule has 2 aromatic carbocycles. The zero-order valence-corrected chi connectivity index (χ0v) is 30.4. The molecule has 13 heteroatoms. The highest BCUT2D eigenvalue weighted by molar-refractivity contribution is 7.09. The molecule has 0 unspecified atom stereocenters. The van der Waals surface area contributed by atoms with Gasteiger partial charge in [0.15, 0.2) is 0 Å². The highest BCUT2D eigenvalue weighted by Gasteiger charge is 2.40. The number of ether oxygens (including phenoxy) is 1. The Balaban J connectivity index is 1.26. The Hall–Kier alpha value is -4.33. The number of rotatable bonds is 15. The quantitative estimate of drug-likeness (QED) is 0.142. The number of benzene rings is 2. The zero-order valence-electron chi connectivity index (χ0n) is 28.7. The number of aliphatic hydroxyl groups is 1. The van der Waals surface area contributed by atoms with Crippen molar-refractivity contribution >= 4 is 40.7 Å². The maximum Gasteiger partial charge on any atom is 0.407 e. The van der Waals surface area contributed by atoms with Gasteiger partial charge in [-0.25, -0.2) is 14.6 Å². The number of carbonyl (C=O) groups is 3. The van der Waals surface area contributed by atoms with Crippen LogP contribution in [0.25, 0.3) is 0 Å². The standard InChI is InChI=1S/C37H46N6O5S2/c1-25(2)35-40-30(23-49-35)20-42(3)37(47)43-21-31(44)18-33(43)34(45)39-28(16-26-10-6-4-7-11-26)14-15-29(17-27-12-8-5-9-13-27)41-36(46)48-22-32-19-38-24-50-32/h4-13,19,23-25,28-29,31,33,44H,14-18,20-22H2,1-3H3,(H,39,45)(H,41,46)/t28-,29-,31+,33+/m1/s1. The first-order valence-corrected chi connectivity index (χ1v) is 18.7. The number of carbonyl (C=O) groups excluding carboxylic acids is 3. The normalized spacial score (nSPS) is 16.9. The first-order valence-electron chi connectivity index (χ1n) is 17.0. The predicted octanol–water partition coefficient (Wildman–Crippen LogP) is 5.76. The molecule has 5 rings (SSSR count). The lowest BCUT2D eigenvalue weighted by atomic mass is 9.95. The monoisotopic (exact) mass is 718 g/mol. The summed E-state index contributed by atoms with van der Waals surface area (Å²) in [4.78, 5) is 53.0. The van der Waals surface area contributed by atoms with E-state index in [9.17, 15) is 19.5 Å². The summed E-state index contributed by atoms with van der Waals surface area (Å²) < 4.78 is 5.48. The number of likely N-dealkylation sites (tertiary alicyclic amines) is 1. The van der Waals surface area contributed by atoms with Crippen molar-refractivity contribution in [3.63, 3.8) is 0 Å². The molecule has 1 aliphatic rings. The molecule has 0 saturated carbocycles. The van der Waals surface area contributed by atoms with Crippen LogP contribution in [0.3, 0.4) is 0 Å². The van der Waals surface area contributed by atoms with Crippen molar-refractivity contribution in [2.45, 2.75) is 89.3 Å². The third kappa shape index (κ3) is 10.8. The molecule has 0 spiro atoms. The molecule has 11 nitrogen and oxygen atoms in total. The van der Waals surface area contributed by atoms with E-state index in [1.165, 1.54) is 16.2 Å². The lowest BCUT2D eigenvalue weighted by Gasteiger charge is -2.30. The average Bonchev–Trinajstić information content (AvgIpc) is 3.89. The molecular weight excluding hydrogens is 673 g/mol. The van der Waals surface area contributed by atoms with Crippen LogP contribution < -0.4 is 10.6 Å². The van der Waals surface area contributed by atoms with Crippen LogP contribution in [0.5, 0.6) is 0 Å². The molecule has 1 fully saturated rings. The van der Waals surface area contributed by atoms with Gasteiger partial charge in [0.05, 0.1) is 33.7 Å². The van der Waals surface area contributed by atoms with Crippen molar-refractivity contribution < 1.29 is 24.2 Å². The highest BCUT2D eigenvalue weighted by atomic mass is 32.1. The van der Waals surface area contributed by atoms with E-state index < -0.39 is 18.2 Å². The molecule has 0 aliphatic carbocycles. The molecule has 4 amide bonds. The number of aliphatic hydroxyl groups excluding tert-OH is 1. The van der Waals surface area contributed by atoms with E-state index in [4.69, 9.17) is 4.74 Å². The Bertz CT molecular complexity index is 1650. The smallest absolute Gasteiger partial charge is 0.407 e. The van der Waals surface area contributed by atoms with Crippen molar-refractivity contribution in [3.05, 3.63) is 104 Å². The molecule has 3 N–H and O–H groups in total. The fourth-order valence-electron chi connectivity index (χ4n) is 6.07. The van der Waals surface area contributed by atoms with Crippen molar-refractivity contribution in [2.24, 2.45) is 0 Å². The van der Waals surface area contributed by atoms with Gasteiger partial charge in [0.25, 0.3) is 0 Å². The van der Waals surface area contributed by atoms with Gasteiger partial charge in [0.1, 0.15) is 12.6 Å². The van der Waals surface area contributed by atoms with Gasteiger partial charge in [0, 0.05) is 49.6 Å². The van der Waals surface area contributed by atoms with Crippen LogP contribution >= 0.6 is 22.7 Å². The number of hydrogen-bond acceptors (Lipinski definition) is 9. The Kier molecular flexibility index (Phi) is 13.3. The maximum absolute atomic E-state index is 13.9. The Morgan fingerprint density at radius 3 is 2.20 bits per heavy atom. The second kappa shape index (κ2) is 18.1. The molecule has 50 heavy (non-hydrogen) atoms. The van der Waals surface area contributed by atoms with Crippen LogP contribution in [0.4, 0.5) is 9.59 Å². The van der Waals surface area contributed by atoms with Gasteiger partial charge in [-0.15, -0.1) is 22.7 Å². The van der Waals surface area contributed by atoms with E-state index in [0.717, 1.165) is 26.7 Å². The number of hydrogen-bond donors (Lipinski definition) is 3. The molecule has 3 heterocycles. The van der Waals surface area contributed by atoms with Gasteiger partial charge in [-0.1, -0.05) is 74.5 Å². The number of urea groups is 1. The second-order valence-corrected chi connectivity index (χ2v) is 14.9. The number of aromatic nitrogens is 2. The summed E-state index contributed by atoms with van der Waals surface area (Å²) >= 11 is 2.99. The van der Waals surface area contributed by atoms with E-state index in [2.05, 4.69) is 34.4 Å². The van der Waals surface area contributed by atoms with E-state index in [1.807, 2.05) is 66.0 Å². The fourth-order valence-corrected chi connectivity index (χ4v) is 7.40. The third-order valence-electron chi connectivity index (χ3n) is 8.63. The van der Waals surface area contributed by atoms with Crippen LogP contribution in [-0.2, 0) is 35.5 Å². The topological polar surface area (TPSA) is 137 Å². The van der Waals surface area contributed by atoms with Gasteiger partial charge >= 0.3 is 12.1 Å². The summed E-state index contributed by atoms with van der Waals surface area (Å²) in [6.45, 7) is 4.68. The van der Waals surface area contributed by atoms with Gasteiger partial charge in [0.2, 0.25) is 5.91 Å². The second-order valence-electron chi connectivity index (χ2n) is 13.1. The molecule has 2 aromatic heterocycles. The summed E-state index contributed by atoms with van der Waals surface area (Å²) in [5.74, 6) is -0.00990. The third-order valence-corrected chi connectivity index (χ3v) is 10.6. The summed E-state index contributed by atoms with van der Waals surface area (Å²) in [5.41, 5.74) is 4.61. The number of amides is 4. The largest absolute Gasteiger partial charge is 0.444 e. The zero-order chi connectivity index (χ0) is 35.5. The summed E-state index contributed by atoms with van der Waals surface area (Å²) in [6.07, 6.45) is 2.77. The molecule has 1 saturated heterocycles. The minimum Gasteiger partial charge on any atom is -0.444 e. The molecule has 0 bridgehead atoms. The number of thiazole rings is 2. The van der Waals surface area contributed by atoms with E-state index in [0.29, 0.717) is 38.1 Å². The Morgan fingerprint density at radius 1 is 0.980 bits per heavy atom. The molecule has 4 atom stereocenters. The lowest BCUT2D eigenvalue weighted by molar-refractivity contribution is -0.125. The molecule has 1 aliphatic heterocycles. The molecule has 4 aromatic rings. The van der Waals surface area contributed by atoms with Crippen LogP contribution in [0.15, 0.2) is 77.8 Å². The van der Waals surface area contributed by atoms with E-state index >= 15 is 0 Å². The highest BCUT2D eigenvalue weighted by Crippen LogP contribution is 2.24. The number of alkyl carbamates (subject to hydrolysis) is 1. The SMILES string of the molecule is CC(C)c1nc(CN(C)C(=O)N2C[C@@H](O)C[C@H]2C(=O)N[C@H](CC[C@H](Cc2ccccc2)NC(=O)OCc2cncs2)Cc2ccccc2)cs1. The van der Waals surface area contributed by atoms with Crippen LogP contribution in [-0.4, -0.2) is 80.7 Å². The van der Waals surface area contributed by atoms with Crippen LogP contribution in [0.1, 0.15) is 65.7 Å². The van der Waals surface area contributed by atoms with Crippen LogP contribution in [0, 0.1) is 0 Å². The van der Waals surface area contributed by atoms with E-state index in [1.54, 1.807) is 35.0 Å². The molecular formula is C37H46N6O5S2. The fraction of sp³-hybridized carbons (Fsp3) is 0.432.